The van der Waals surface area contributed by atoms with Gasteiger partial charge in [0.2, 0.25) is 5.88 Å². The number of carbonyl (C=O) groups is 1. The molecule has 0 aromatic carbocycles. The SMILES string of the molecule is CC[C@@H]1CC(C)[C@@H](NC2=NC(=O)C(C)(c3ccnc(OC)c3)S2)C1. The average Bonchev–Trinajstić information content (AvgIpc) is 3.08. The monoisotopic (exact) mass is 347 g/mol. The first-order valence-electron chi connectivity index (χ1n) is 8.55. The number of hydrogen-bond acceptors (Lipinski definition) is 5. The molecule has 130 valence electrons. The topological polar surface area (TPSA) is 63.6 Å². The maximum absolute atomic E-state index is 12.6. The molecule has 24 heavy (non-hydrogen) atoms. The van der Waals surface area contributed by atoms with Gasteiger partial charge >= 0.3 is 0 Å². The van der Waals surface area contributed by atoms with Crippen LogP contribution in [0.15, 0.2) is 23.3 Å². The molecule has 1 amide bonds. The number of pyridine rings is 1. The quantitative estimate of drug-likeness (QED) is 0.905. The molecule has 0 saturated heterocycles. The Morgan fingerprint density at radius 3 is 2.92 bits per heavy atom. The van der Waals surface area contributed by atoms with Crippen LogP contribution >= 0.6 is 11.8 Å². The van der Waals surface area contributed by atoms with Gasteiger partial charge in [0.25, 0.3) is 5.91 Å². The Morgan fingerprint density at radius 1 is 1.46 bits per heavy atom. The van der Waals surface area contributed by atoms with E-state index in [2.05, 4.69) is 29.1 Å². The Morgan fingerprint density at radius 2 is 2.25 bits per heavy atom. The standard InChI is InChI=1S/C18H25N3O2S/c1-5-12-8-11(2)14(9-12)20-17-21-16(22)18(3,24-17)13-6-7-19-15(10-13)23-4/h6-7,10-12,14H,5,8-9H2,1-4H3,(H,20,21,22)/t11?,12-,14+,18?/m1/s1. The molecule has 4 atom stereocenters. The van der Waals surface area contributed by atoms with E-state index < -0.39 is 4.75 Å². The third-order valence-electron chi connectivity index (χ3n) is 5.27. The second-order valence-electron chi connectivity index (χ2n) is 6.92. The number of methoxy groups -OCH3 is 1. The van der Waals surface area contributed by atoms with Crippen LogP contribution in [0.5, 0.6) is 5.88 Å². The van der Waals surface area contributed by atoms with Gasteiger partial charge in [0.15, 0.2) is 5.17 Å². The lowest BCUT2D eigenvalue weighted by atomic mass is 10.0. The number of aromatic nitrogens is 1. The van der Waals surface area contributed by atoms with Gasteiger partial charge in [-0.2, -0.15) is 4.99 Å². The number of nitrogens with one attached hydrogen (secondary N) is 1. The largest absolute Gasteiger partial charge is 0.481 e. The Kier molecular flexibility index (Phi) is 4.85. The highest BCUT2D eigenvalue weighted by atomic mass is 32.2. The first kappa shape index (κ1) is 17.3. The Labute approximate surface area is 147 Å². The van der Waals surface area contributed by atoms with Crippen molar-refractivity contribution in [2.45, 2.75) is 50.8 Å². The van der Waals surface area contributed by atoms with Gasteiger partial charge in [0.05, 0.1) is 7.11 Å². The van der Waals surface area contributed by atoms with Crippen molar-refractivity contribution in [1.29, 1.82) is 0 Å². The number of amidine groups is 1. The van der Waals surface area contributed by atoms with E-state index in [1.165, 1.54) is 24.6 Å². The van der Waals surface area contributed by atoms with Gasteiger partial charge in [-0.25, -0.2) is 4.98 Å². The fourth-order valence-electron chi connectivity index (χ4n) is 3.59. The first-order chi connectivity index (χ1) is 11.5. The molecule has 1 aliphatic heterocycles. The molecule has 0 radical (unpaired) electrons. The third-order valence-corrected chi connectivity index (χ3v) is 6.49. The molecule has 1 saturated carbocycles. The van der Waals surface area contributed by atoms with Crippen molar-refractivity contribution in [2.75, 3.05) is 7.11 Å². The minimum atomic E-state index is -0.718. The molecule has 2 heterocycles. The van der Waals surface area contributed by atoms with Crippen LogP contribution < -0.4 is 10.1 Å². The van der Waals surface area contributed by atoms with Crippen molar-refractivity contribution in [3.05, 3.63) is 23.9 Å². The zero-order chi connectivity index (χ0) is 17.3. The number of amides is 1. The van der Waals surface area contributed by atoms with Crippen molar-refractivity contribution in [2.24, 2.45) is 16.8 Å². The molecule has 3 rings (SSSR count). The lowest BCUT2D eigenvalue weighted by molar-refractivity contribution is -0.119. The minimum absolute atomic E-state index is 0.124. The zero-order valence-electron chi connectivity index (χ0n) is 14.7. The van der Waals surface area contributed by atoms with Gasteiger partial charge < -0.3 is 10.1 Å². The second kappa shape index (κ2) is 6.75. The van der Waals surface area contributed by atoms with Crippen LogP contribution in [0.1, 0.15) is 45.6 Å². The Hall–Kier alpha value is -1.56. The summed E-state index contributed by atoms with van der Waals surface area (Å²) in [4.78, 5) is 21.0. The highest BCUT2D eigenvalue weighted by Crippen LogP contribution is 2.43. The molecule has 1 aliphatic carbocycles. The van der Waals surface area contributed by atoms with E-state index in [1.807, 2.05) is 19.1 Å². The van der Waals surface area contributed by atoms with Crippen molar-refractivity contribution in [1.82, 2.24) is 10.3 Å². The van der Waals surface area contributed by atoms with E-state index >= 15 is 0 Å². The van der Waals surface area contributed by atoms with E-state index in [-0.39, 0.29) is 5.91 Å². The summed E-state index contributed by atoms with van der Waals surface area (Å²) >= 11 is 1.50. The summed E-state index contributed by atoms with van der Waals surface area (Å²) < 4.78 is 4.46. The van der Waals surface area contributed by atoms with Crippen LogP contribution in [0, 0.1) is 11.8 Å². The molecule has 6 heteroatoms. The van der Waals surface area contributed by atoms with E-state index in [0.717, 1.165) is 23.1 Å². The van der Waals surface area contributed by atoms with Crippen LogP contribution in [-0.2, 0) is 9.54 Å². The third kappa shape index (κ3) is 3.16. The summed E-state index contributed by atoms with van der Waals surface area (Å²) in [7, 11) is 1.58. The van der Waals surface area contributed by atoms with Gasteiger partial charge in [-0.1, -0.05) is 32.0 Å². The Balaban J connectivity index is 1.73. The molecule has 5 nitrogen and oxygen atoms in total. The number of thioether (sulfide) groups is 1. The normalized spacial score (nSPS) is 32.8. The highest BCUT2D eigenvalue weighted by Gasteiger charge is 2.44. The van der Waals surface area contributed by atoms with Gasteiger partial charge in [-0.05, 0) is 43.2 Å². The lowest BCUT2D eigenvalue weighted by Crippen LogP contribution is -2.35. The smallest absolute Gasteiger partial charge is 0.269 e. The van der Waals surface area contributed by atoms with Crippen molar-refractivity contribution >= 4 is 22.8 Å². The van der Waals surface area contributed by atoms with Crippen molar-refractivity contribution < 1.29 is 9.53 Å². The van der Waals surface area contributed by atoms with Crippen LogP contribution in [-0.4, -0.2) is 29.2 Å². The molecule has 1 N–H and O–H groups in total. The van der Waals surface area contributed by atoms with Crippen LogP contribution in [0.2, 0.25) is 0 Å². The zero-order valence-corrected chi connectivity index (χ0v) is 15.5. The van der Waals surface area contributed by atoms with Crippen LogP contribution in [0.3, 0.4) is 0 Å². The Bertz CT molecular complexity index is 663. The second-order valence-corrected chi connectivity index (χ2v) is 8.33. The number of ether oxygens (including phenoxy) is 1. The summed E-state index contributed by atoms with van der Waals surface area (Å²) in [5.41, 5.74) is 0.871. The molecule has 2 aliphatic rings. The lowest BCUT2D eigenvalue weighted by Gasteiger charge is -2.22. The number of carbonyl (C=O) groups excluding carboxylic acids is 1. The molecular formula is C18H25N3O2S. The summed E-state index contributed by atoms with van der Waals surface area (Å²) in [6, 6.07) is 4.08. The maximum Gasteiger partial charge on any atom is 0.269 e. The van der Waals surface area contributed by atoms with Crippen molar-refractivity contribution in [3.8, 4) is 5.88 Å². The van der Waals surface area contributed by atoms with Gasteiger partial charge in [-0.3, -0.25) is 4.79 Å². The van der Waals surface area contributed by atoms with E-state index in [4.69, 9.17) is 4.74 Å². The van der Waals surface area contributed by atoms with Crippen LogP contribution in [0.25, 0.3) is 0 Å². The van der Waals surface area contributed by atoms with Gasteiger partial charge in [0, 0.05) is 18.3 Å². The number of rotatable bonds is 4. The number of nitrogens with zero attached hydrogens (tertiary/aromatic N) is 2. The minimum Gasteiger partial charge on any atom is -0.481 e. The fourth-order valence-corrected chi connectivity index (χ4v) is 4.69. The van der Waals surface area contributed by atoms with Crippen molar-refractivity contribution in [3.63, 3.8) is 0 Å². The van der Waals surface area contributed by atoms with E-state index in [9.17, 15) is 4.79 Å². The highest BCUT2D eigenvalue weighted by molar-refractivity contribution is 8.15. The van der Waals surface area contributed by atoms with E-state index in [0.29, 0.717) is 17.8 Å². The number of aliphatic imine (C=N–C) groups is 1. The molecule has 1 fully saturated rings. The first-order valence-corrected chi connectivity index (χ1v) is 9.37. The van der Waals surface area contributed by atoms with Crippen LogP contribution in [0.4, 0.5) is 0 Å². The molecule has 2 unspecified atom stereocenters. The molecular weight excluding hydrogens is 322 g/mol. The van der Waals surface area contributed by atoms with E-state index in [1.54, 1.807) is 13.3 Å². The predicted molar refractivity (Wildman–Crippen MR) is 97.3 cm³/mol. The number of hydrogen-bond donors (Lipinski definition) is 1. The summed E-state index contributed by atoms with van der Waals surface area (Å²) in [5, 5.41) is 4.26. The summed E-state index contributed by atoms with van der Waals surface area (Å²) in [6.45, 7) is 6.45. The average molecular weight is 347 g/mol. The molecule has 1 aromatic heterocycles. The fraction of sp³-hybridized carbons (Fsp3) is 0.611. The van der Waals surface area contributed by atoms with Gasteiger partial charge in [0.1, 0.15) is 4.75 Å². The predicted octanol–water partition coefficient (Wildman–Crippen LogP) is 3.35. The van der Waals surface area contributed by atoms with Gasteiger partial charge in [-0.15, -0.1) is 0 Å². The molecule has 0 spiro atoms. The summed E-state index contributed by atoms with van der Waals surface area (Å²) in [6.07, 6.45) is 5.29. The maximum atomic E-state index is 12.6. The molecule has 0 bridgehead atoms. The summed E-state index contributed by atoms with van der Waals surface area (Å²) in [5.74, 6) is 1.77. The molecule has 1 aromatic rings.